The Morgan fingerprint density at radius 3 is 2.93 bits per heavy atom. The Morgan fingerprint density at radius 2 is 2.43 bits per heavy atom. The SMILES string of the molecule is Cc1nc(-c2c[nH]c(C(=O)[O-])c2)cs1. The fraction of sp³-hybridized carbons (Fsp3) is 0.111. The second kappa shape index (κ2) is 3.26. The number of aryl methyl sites for hydroxylation is 1. The number of carbonyl (C=O) groups excluding carboxylic acids is 1. The summed E-state index contributed by atoms with van der Waals surface area (Å²) in [5.74, 6) is -1.21. The number of aromatic nitrogens is 2. The second-order valence-corrected chi connectivity index (χ2v) is 3.90. The largest absolute Gasteiger partial charge is 0.543 e. The van der Waals surface area contributed by atoms with Gasteiger partial charge in [-0.25, -0.2) is 4.98 Å². The number of nitrogens with zero attached hydrogens (tertiary/aromatic N) is 1. The lowest BCUT2D eigenvalue weighted by molar-refractivity contribution is -0.255. The summed E-state index contributed by atoms with van der Waals surface area (Å²) in [6, 6.07) is 1.52. The summed E-state index contributed by atoms with van der Waals surface area (Å²) in [5, 5.41) is 13.3. The van der Waals surface area contributed by atoms with E-state index in [0.717, 1.165) is 16.3 Å². The van der Waals surface area contributed by atoms with Gasteiger partial charge in [-0.3, -0.25) is 0 Å². The number of hydrogen-bond donors (Lipinski definition) is 1. The molecule has 5 heteroatoms. The highest BCUT2D eigenvalue weighted by Gasteiger charge is 2.05. The number of carbonyl (C=O) groups is 1. The highest BCUT2D eigenvalue weighted by atomic mass is 32.1. The van der Waals surface area contributed by atoms with E-state index < -0.39 is 5.97 Å². The van der Waals surface area contributed by atoms with E-state index in [4.69, 9.17) is 0 Å². The number of rotatable bonds is 2. The Morgan fingerprint density at radius 1 is 1.64 bits per heavy atom. The van der Waals surface area contributed by atoms with Crippen molar-refractivity contribution in [3.63, 3.8) is 0 Å². The van der Waals surface area contributed by atoms with Crippen molar-refractivity contribution in [2.75, 3.05) is 0 Å². The lowest BCUT2D eigenvalue weighted by atomic mass is 10.2. The van der Waals surface area contributed by atoms with Gasteiger partial charge in [0.05, 0.1) is 22.4 Å². The molecule has 0 spiro atoms. The topological polar surface area (TPSA) is 68.8 Å². The predicted molar refractivity (Wildman–Crippen MR) is 51.0 cm³/mol. The van der Waals surface area contributed by atoms with Crippen LogP contribution >= 0.6 is 11.3 Å². The molecular weight excluding hydrogens is 200 g/mol. The molecule has 2 aromatic rings. The highest BCUT2D eigenvalue weighted by Crippen LogP contribution is 2.21. The van der Waals surface area contributed by atoms with Gasteiger partial charge < -0.3 is 14.9 Å². The van der Waals surface area contributed by atoms with Gasteiger partial charge in [0.25, 0.3) is 0 Å². The molecule has 4 nitrogen and oxygen atoms in total. The zero-order valence-corrected chi connectivity index (χ0v) is 8.22. The Hall–Kier alpha value is -1.62. The maximum atomic E-state index is 10.5. The average Bonchev–Trinajstić information content (AvgIpc) is 2.70. The van der Waals surface area contributed by atoms with Crippen LogP contribution in [-0.2, 0) is 0 Å². The van der Waals surface area contributed by atoms with Gasteiger partial charge in [0, 0.05) is 17.1 Å². The Bertz CT molecular complexity index is 473. The van der Waals surface area contributed by atoms with Crippen LogP contribution in [0.5, 0.6) is 0 Å². The number of carboxylic acid groups (broad SMARTS) is 1. The molecule has 0 bridgehead atoms. The van der Waals surface area contributed by atoms with Crippen molar-refractivity contribution in [1.82, 2.24) is 9.97 Å². The fourth-order valence-electron chi connectivity index (χ4n) is 1.16. The number of carboxylic acids is 1. The third-order valence-corrected chi connectivity index (χ3v) is 2.59. The predicted octanol–water partition coefficient (Wildman–Crippen LogP) is 0.810. The van der Waals surface area contributed by atoms with Gasteiger partial charge in [-0.05, 0) is 13.0 Å². The molecule has 1 N–H and O–H groups in total. The monoisotopic (exact) mass is 207 g/mol. The summed E-state index contributed by atoms with van der Waals surface area (Å²) in [7, 11) is 0. The first kappa shape index (κ1) is 8.96. The molecule has 2 aromatic heterocycles. The van der Waals surface area contributed by atoms with Crippen LogP contribution in [0.4, 0.5) is 0 Å². The van der Waals surface area contributed by atoms with E-state index in [1.54, 1.807) is 6.20 Å². The molecule has 14 heavy (non-hydrogen) atoms. The van der Waals surface area contributed by atoms with E-state index >= 15 is 0 Å². The molecule has 0 saturated carbocycles. The number of aromatic carboxylic acids is 1. The fourth-order valence-corrected chi connectivity index (χ4v) is 1.78. The van der Waals surface area contributed by atoms with Gasteiger partial charge in [0.1, 0.15) is 0 Å². The lowest BCUT2D eigenvalue weighted by Crippen LogP contribution is -2.22. The maximum absolute atomic E-state index is 10.5. The zero-order chi connectivity index (χ0) is 10.1. The summed E-state index contributed by atoms with van der Waals surface area (Å²) in [5.41, 5.74) is 1.63. The Kier molecular flexibility index (Phi) is 2.09. The first-order valence-electron chi connectivity index (χ1n) is 3.99. The molecule has 0 fully saturated rings. The third-order valence-electron chi connectivity index (χ3n) is 1.82. The summed E-state index contributed by atoms with van der Waals surface area (Å²) in [6.45, 7) is 1.90. The molecule has 0 unspecified atom stereocenters. The minimum Gasteiger partial charge on any atom is -0.543 e. The van der Waals surface area contributed by atoms with Crippen LogP contribution in [0.3, 0.4) is 0 Å². The van der Waals surface area contributed by atoms with Crippen LogP contribution in [0, 0.1) is 6.92 Å². The van der Waals surface area contributed by atoms with E-state index in [2.05, 4.69) is 9.97 Å². The average molecular weight is 207 g/mol. The molecule has 0 radical (unpaired) electrons. The quantitative estimate of drug-likeness (QED) is 0.792. The van der Waals surface area contributed by atoms with Crippen molar-refractivity contribution in [2.24, 2.45) is 0 Å². The molecule has 0 saturated heterocycles. The zero-order valence-electron chi connectivity index (χ0n) is 7.40. The number of aromatic amines is 1. The van der Waals surface area contributed by atoms with E-state index in [9.17, 15) is 9.90 Å². The Balaban J connectivity index is 2.38. The maximum Gasteiger partial charge on any atom is 0.0901 e. The molecule has 0 aliphatic rings. The van der Waals surface area contributed by atoms with Crippen molar-refractivity contribution in [1.29, 1.82) is 0 Å². The van der Waals surface area contributed by atoms with Gasteiger partial charge in [-0.1, -0.05) is 0 Å². The van der Waals surface area contributed by atoms with Crippen LogP contribution in [0.15, 0.2) is 17.6 Å². The van der Waals surface area contributed by atoms with Crippen LogP contribution in [0.2, 0.25) is 0 Å². The van der Waals surface area contributed by atoms with Crippen molar-refractivity contribution in [3.05, 3.63) is 28.3 Å². The first-order chi connectivity index (χ1) is 6.66. The van der Waals surface area contributed by atoms with Crippen LogP contribution in [0.25, 0.3) is 11.3 Å². The molecular formula is C9H7N2O2S-. The van der Waals surface area contributed by atoms with Gasteiger partial charge in [0.15, 0.2) is 0 Å². The third kappa shape index (κ3) is 1.54. The first-order valence-corrected chi connectivity index (χ1v) is 4.87. The summed E-state index contributed by atoms with van der Waals surface area (Å²) < 4.78 is 0. The molecule has 0 aromatic carbocycles. The molecule has 0 aliphatic carbocycles. The van der Waals surface area contributed by atoms with Crippen molar-refractivity contribution in [2.45, 2.75) is 6.92 Å². The number of nitrogens with one attached hydrogen (secondary N) is 1. The standard InChI is InChI=1S/C9H8N2O2S/c1-5-11-8(4-14-5)6-2-7(9(12)13)10-3-6/h2-4,10H,1H3,(H,12,13)/p-1. The van der Waals surface area contributed by atoms with Crippen LogP contribution < -0.4 is 5.11 Å². The van der Waals surface area contributed by atoms with Gasteiger partial charge in [-0.2, -0.15) is 0 Å². The molecule has 0 amide bonds. The van der Waals surface area contributed by atoms with E-state index in [1.807, 2.05) is 12.3 Å². The Labute approximate surface area is 84.2 Å². The van der Waals surface area contributed by atoms with Crippen LogP contribution in [-0.4, -0.2) is 15.9 Å². The smallest absolute Gasteiger partial charge is 0.0901 e. The highest BCUT2D eigenvalue weighted by molar-refractivity contribution is 7.09. The number of hydrogen-bond acceptors (Lipinski definition) is 4. The molecule has 0 atom stereocenters. The van der Waals surface area contributed by atoms with Crippen LogP contribution in [0.1, 0.15) is 15.5 Å². The normalized spacial score (nSPS) is 10.4. The summed E-state index contributed by atoms with van der Waals surface area (Å²) >= 11 is 1.53. The van der Waals surface area contributed by atoms with E-state index in [-0.39, 0.29) is 5.69 Å². The summed E-state index contributed by atoms with van der Waals surface area (Å²) in [6.07, 6.45) is 1.61. The molecule has 72 valence electrons. The number of H-pyrrole nitrogens is 1. The molecule has 0 aliphatic heterocycles. The van der Waals surface area contributed by atoms with Crippen molar-refractivity contribution in [3.8, 4) is 11.3 Å². The second-order valence-electron chi connectivity index (χ2n) is 2.84. The summed E-state index contributed by atoms with van der Waals surface area (Å²) in [4.78, 5) is 17.3. The molecule has 2 rings (SSSR count). The minimum absolute atomic E-state index is 0.0747. The van der Waals surface area contributed by atoms with Crippen molar-refractivity contribution >= 4 is 17.3 Å². The molecule has 2 heterocycles. The van der Waals surface area contributed by atoms with Crippen molar-refractivity contribution < 1.29 is 9.90 Å². The van der Waals surface area contributed by atoms with Gasteiger partial charge in [-0.15, -0.1) is 11.3 Å². The van der Waals surface area contributed by atoms with E-state index in [0.29, 0.717) is 0 Å². The number of thiazole rings is 1. The minimum atomic E-state index is -1.21. The van der Waals surface area contributed by atoms with Gasteiger partial charge in [0.2, 0.25) is 0 Å². The van der Waals surface area contributed by atoms with E-state index in [1.165, 1.54) is 17.4 Å². The lowest BCUT2D eigenvalue weighted by Gasteiger charge is -1.93. The van der Waals surface area contributed by atoms with Gasteiger partial charge >= 0.3 is 0 Å².